The fourth-order valence-corrected chi connectivity index (χ4v) is 3.51. The molecular formula is C22H22FN3O2. The molecule has 2 heterocycles. The number of benzene rings is 2. The average Bonchev–Trinajstić information content (AvgIpc) is 2.71. The maximum Gasteiger partial charge on any atom is 0.159 e. The van der Waals surface area contributed by atoms with Gasteiger partial charge < -0.3 is 15.1 Å². The van der Waals surface area contributed by atoms with Crippen LogP contribution in [0, 0.1) is 5.82 Å². The molecule has 2 aromatic carbocycles. The second-order valence-corrected chi connectivity index (χ2v) is 7.02. The van der Waals surface area contributed by atoms with E-state index in [1.54, 1.807) is 24.4 Å². The molecule has 1 aliphatic heterocycles. The first kappa shape index (κ1) is 18.3. The van der Waals surface area contributed by atoms with Gasteiger partial charge in [0.25, 0.3) is 0 Å². The van der Waals surface area contributed by atoms with Crippen molar-refractivity contribution in [3.63, 3.8) is 0 Å². The van der Waals surface area contributed by atoms with Crippen LogP contribution in [-0.4, -0.2) is 46.3 Å². The topological polar surface area (TPSA) is 59.8 Å². The summed E-state index contributed by atoms with van der Waals surface area (Å²) in [4.78, 5) is 8.91. The number of hydrogen-bond acceptors (Lipinski definition) is 5. The maximum atomic E-state index is 13.1. The van der Waals surface area contributed by atoms with Gasteiger partial charge in [-0.3, -0.25) is 9.88 Å². The zero-order valence-electron chi connectivity index (χ0n) is 15.4. The molecule has 6 heteroatoms. The molecule has 5 nitrogen and oxygen atoms in total. The molecule has 1 aliphatic rings. The Morgan fingerprint density at radius 2 is 1.57 bits per heavy atom. The molecule has 0 unspecified atom stereocenters. The van der Waals surface area contributed by atoms with Crippen molar-refractivity contribution < 1.29 is 14.6 Å². The Bertz CT molecular complexity index is 954. The summed E-state index contributed by atoms with van der Waals surface area (Å²) in [7, 11) is 0. The van der Waals surface area contributed by atoms with Crippen LogP contribution in [0.15, 0.2) is 60.9 Å². The van der Waals surface area contributed by atoms with Crippen molar-refractivity contribution >= 4 is 5.69 Å². The SMILES string of the molecule is Oc1ccc(N2CCN(Cc3cncc(-c4ccc(F)cc4)c3)CC2)cc1O. The molecular weight excluding hydrogens is 357 g/mol. The first-order valence-electron chi connectivity index (χ1n) is 9.27. The summed E-state index contributed by atoms with van der Waals surface area (Å²) in [5.74, 6) is -0.438. The molecule has 1 saturated heterocycles. The summed E-state index contributed by atoms with van der Waals surface area (Å²) in [6, 6.07) is 13.5. The lowest BCUT2D eigenvalue weighted by atomic mass is 10.1. The van der Waals surface area contributed by atoms with Crippen molar-refractivity contribution in [2.75, 3.05) is 31.1 Å². The highest BCUT2D eigenvalue weighted by Gasteiger charge is 2.18. The summed E-state index contributed by atoms with van der Waals surface area (Å²) in [5.41, 5.74) is 3.97. The Kier molecular flexibility index (Phi) is 5.12. The number of pyridine rings is 1. The Hall–Kier alpha value is -3.12. The normalized spacial score (nSPS) is 15.0. The monoisotopic (exact) mass is 379 g/mol. The number of aromatic hydroxyl groups is 2. The average molecular weight is 379 g/mol. The van der Waals surface area contributed by atoms with E-state index in [-0.39, 0.29) is 17.3 Å². The summed E-state index contributed by atoms with van der Waals surface area (Å²) < 4.78 is 13.1. The van der Waals surface area contributed by atoms with E-state index in [0.29, 0.717) is 0 Å². The second kappa shape index (κ2) is 7.86. The third-order valence-electron chi connectivity index (χ3n) is 5.08. The number of anilines is 1. The lowest BCUT2D eigenvalue weighted by Crippen LogP contribution is -2.45. The number of nitrogens with zero attached hydrogens (tertiary/aromatic N) is 3. The van der Waals surface area contributed by atoms with Crippen LogP contribution in [0.5, 0.6) is 11.5 Å². The lowest BCUT2D eigenvalue weighted by molar-refractivity contribution is 0.249. The number of aromatic nitrogens is 1. The molecule has 0 saturated carbocycles. The quantitative estimate of drug-likeness (QED) is 0.678. The fourth-order valence-electron chi connectivity index (χ4n) is 3.51. The van der Waals surface area contributed by atoms with E-state index in [0.717, 1.165) is 55.1 Å². The molecule has 28 heavy (non-hydrogen) atoms. The molecule has 144 valence electrons. The summed E-state index contributed by atoms with van der Waals surface area (Å²) >= 11 is 0. The standard InChI is InChI=1S/C22H22FN3O2/c23-19-3-1-17(2-4-19)18-11-16(13-24-14-18)15-25-7-9-26(10-8-25)20-5-6-21(27)22(28)12-20/h1-6,11-14,27-28H,7-10,15H2. The van der Waals surface area contributed by atoms with Gasteiger partial charge in [-0.1, -0.05) is 12.1 Å². The van der Waals surface area contributed by atoms with Gasteiger partial charge in [0.1, 0.15) is 5.82 Å². The summed E-state index contributed by atoms with van der Waals surface area (Å²) in [6.07, 6.45) is 3.67. The molecule has 4 rings (SSSR count). The van der Waals surface area contributed by atoms with Crippen LogP contribution >= 0.6 is 0 Å². The predicted molar refractivity (Wildman–Crippen MR) is 107 cm³/mol. The van der Waals surface area contributed by atoms with Crippen molar-refractivity contribution in [1.29, 1.82) is 0 Å². The first-order chi connectivity index (χ1) is 13.6. The largest absolute Gasteiger partial charge is 0.504 e. The Balaban J connectivity index is 1.39. The molecule has 0 aliphatic carbocycles. The molecule has 3 aromatic rings. The van der Waals surface area contributed by atoms with Crippen molar-refractivity contribution in [2.45, 2.75) is 6.54 Å². The van der Waals surface area contributed by atoms with Crippen LogP contribution in [0.4, 0.5) is 10.1 Å². The smallest absolute Gasteiger partial charge is 0.159 e. The summed E-state index contributed by atoms with van der Waals surface area (Å²) in [6.45, 7) is 4.27. The van der Waals surface area contributed by atoms with Gasteiger partial charge in [-0.05, 0) is 41.5 Å². The van der Waals surface area contributed by atoms with Crippen LogP contribution in [-0.2, 0) is 6.54 Å². The number of rotatable bonds is 4. The van der Waals surface area contributed by atoms with Gasteiger partial charge in [0, 0.05) is 62.4 Å². The minimum Gasteiger partial charge on any atom is -0.504 e. The molecule has 2 N–H and O–H groups in total. The van der Waals surface area contributed by atoms with E-state index in [4.69, 9.17) is 0 Å². The predicted octanol–water partition coefficient (Wildman–Crippen LogP) is 3.62. The van der Waals surface area contributed by atoms with E-state index < -0.39 is 0 Å². The minimum absolute atomic E-state index is 0.0939. The highest BCUT2D eigenvalue weighted by Crippen LogP contribution is 2.30. The van der Waals surface area contributed by atoms with Crippen molar-refractivity contribution in [2.24, 2.45) is 0 Å². The number of phenolic OH excluding ortho intramolecular Hbond substituents is 2. The highest BCUT2D eigenvalue weighted by molar-refractivity contribution is 5.62. The van der Waals surface area contributed by atoms with Crippen LogP contribution in [0.2, 0.25) is 0 Å². The van der Waals surface area contributed by atoms with Crippen LogP contribution < -0.4 is 4.90 Å². The first-order valence-corrected chi connectivity index (χ1v) is 9.27. The maximum absolute atomic E-state index is 13.1. The summed E-state index contributed by atoms with van der Waals surface area (Å²) in [5, 5.41) is 19.2. The van der Waals surface area contributed by atoms with Crippen LogP contribution in [0.25, 0.3) is 11.1 Å². The molecule has 0 radical (unpaired) electrons. The Morgan fingerprint density at radius 1 is 0.821 bits per heavy atom. The minimum atomic E-state index is -0.243. The third-order valence-corrected chi connectivity index (χ3v) is 5.08. The van der Waals surface area contributed by atoms with Crippen LogP contribution in [0.1, 0.15) is 5.56 Å². The zero-order valence-corrected chi connectivity index (χ0v) is 15.4. The molecule has 0 bridgehead atoms. The van der Waals surface area contributed by atoms with E-state index in [9.17, 15) is 14.6 Å². The van der Waals surface area contributed by atoms with Gasteiger partial charge in [0.2, 0.25) is 0 Å². The number of piperazine rings is 1. The lowest BCUT2D eigenvalue weighted by Gasteiger charge is -2.36. The second-order valence-electron chi connectivity index (χ2n) is 7.02. The van der Waals surface area contributed by atoms with Gasteiger partial charge in [0.15, 0.2) is 11.5 Å². The van der Waals surface area contributed by atoms with E-state index in [2.05, 4.69) is 20.9 Å². The Morgan fingerprint density at radius 3 is 2.29 bits per heavy atom. The van der Waals surface area contributed by atoms with Gasteiger partial charge in [-0.15, -0.1) is 0 Å². The number of hydrogen-bond donors (Lipinski definition) is 2. The number of phenols is 2. The van der Waals surface area contributed by atoms with E-state index in [1.165, 1.54) is 18.2 Å². The third kappa shape index (κ3) is 4.07. The number of halogens is 1. The van der Waals surface area contributed by atoms with Crippen molar-refractivity contribution in [3.8, 4) is 22.6 Å². The van der Waals surface area contributed by atoms with Gasteiger partial charge in [-0.25, -0.2) is 4.39 Å². The van der Waals surface area contributed by atoms with Crippen LogP contribution in [0.3, 0.4) is 0 Å². The van der Waals surface area contributed by atoms with Gasteiger partial charge in [-0.2, -0.15) is 0 Å². The van der Waals surface area contributed by atoms with Gasteiger partial charge >= 0.3 is 0 Å². The molecule has 1 aromatic heterocycles. The molecule has 1 fully saturated rings. The van der Waals surface area contributed by atoms with Crippen molar-refractivity contribution in [1.82, 2.24) is 9.88 Å². The van der Waals surface area contributed by atoms with Crippen molar-refractivity contribution in [3.05, 3.63) is 72.3 Å². The molecule has 0 spiro atoms. The van der Waals surface area contributed by atoms with E-state index in [1.807, 2.05) is 12.3 Å². The van der Waals surface area contributed by atoms with Gasteiger partial charge in [0.05, 0.1) is 0 Å². The highest BCUT2D eigenvalue weighted by atomic mass is 19.1. The fraction of sp³-hybridized carbons (Fsp3) is 0.227. The van der Waals surface area contributed by atoms with E-state index >= 15 is 0 Å². The Labute approximate surface area is 163 Å². The molecule has 0 amide bonds. The zero-order chi connectivity index (χ0) is 19.5. The molecule has 0 atom stereocenters.